The van der Waals surface area contributed by atoms with Gasteiger partial charge in [0.1, 0.15) is 5.76 Å². The first-order valence-corrected chi connectivity index (χ1v) is 8.67. The van der Waals surface area contributed by atoms with Crippen LogP contribution in [0.1, 0.15) is 5.76 Å². The number of H-pyrrole nitrogens is 1. The lowest BCUT2D eigenvalue weighted by Gasteiger charge is -2.00. The van der Waals surface area contributed by atoms with Gasteiger partial charge in [-0.2, -0.15) is 0 Å². The molecule has 1 N–H and O–H groups in total. The number of benzene rings is 1. The summed E-state index contributed by atoms with van der Waals surface area (Å²) in [7, 11) is 1.46. The summed E-state index contributed by atoms with van der Waals surface area (Å²) in [5, 5.41) is 1.09. The first-order valence-electron chi connectivity index (χ1n) is 7.04. The van der Waals surface area contributed by atoms with Gasteiger partial charge in [-0.05, 0) is 47.8 Å². The van der Waals surface area contributed by atoms with E-state index in [1.165, 1.54) is 18.8 Å². The van der Waals surface area contributed by atoms with Crippen LogP contribution in [0.25, 0.3) is 17.1 Å². The highest BCUT2D eigenvalue weighted by Gasteiger charge is 2.32. The number of rotatable bonds is 3. The number of nitrogens with one attached hydrogen (secondary N) is 1. The Balaban J connectivity index is 1.55. The highest BCUT2D eigenvalue weighted by molar-refractivity contribution is 8.18. The smallest absolute Gasteiger partial charge is 0.293 e. The molecule has 0 aliphatic carbocycles. The van der Waals surface area contributed by atoms with Gasteiger partial charge in [0, 0.05) is 13.1 Å². The van der Waals surface area contributed by atoms with E-state index in [1.807, 2.05) is 24.3 Å². The Morgan fingerprint density at radius 3 is 2.83 bits per heavy atom. The van der Waals surface area contributed by atoms with Crippen LogP contribution in [0.5, 0.6) is 0 Å². The summed E-state index contributed by atoms with van der Waals surface area (Å²) in [5.41, 5.74) is 1.85. The van der Waals surface area contributed by atoms with E-state index in [0.717, 1.165) is 32.9 Å². The number of carbonyl (C=O) groups is 2. The maximum atomic E-state index is 11.9. The van der Waals surface area contributed by atoms with Crippen LogP contribution in [-0.4, -0.2) is 33.1 Å². The van der Waals surface area contributed by atoms with E-state index in [9.17, 15) is 9.59 Å². The van der Waals surface area contributed by atoms with Crippen molar-refractivity contribution in [2.45, 2.75) is 10.2 Å². The van der Waals surface area contributed by atoms with Gasteiger partial charge < -0.3 is 9.40 Å². The second-order valence-corrected chi connectivity index (χ2v) is 7.05. The molecule has 2 amide bonds. The monoisotopic (exact) mass is 357 g/mol. The number of hydrogen-bond donors (Lipinski definition) is 1. The van der Waals surface area contributed by atoms with Gasteiger partial charge in [-0.25, -0.2) is 4.98 Å². The molecule has 1 aliphatic rings. The normalized spacial score (nSPS) is 16.7. The Morgan fingerprint density at radius 2 is 2.08 bits per heavy atom. The van der Waals surface area contributed by atoms with Crippen LogP contribution in [0.3, 0.4) is 0 Å². The number of imidazole rings is 1. The Morgan fingerprint density at radius 1 is 1.25 bits per heavy atom. The number of aromatic amines is 1. The zero-order valence-electron chi connectivity index (χ0n) is 12.5. The average molecular weight is 357 g/mol. The van der Waals surface area contributed by atoms with E-state index in [-0.39, 0.29) is 11.1 Å². The quantitative estimate of drug-likeness (QED) is 0.715. The summed E-state index contributed by atoms with van der Waals surface area (Å²) >= 11 is 2.27. The molecule has 0 atom stereocenters. The zero-order valence-corrected chi connectivity index (χ0v) is 14.1. The summed E-state index contributed by atoms with van der Waals surface area (Å²) in [6, 6.07) is 11.3. The number of likely N-dealkylation sites (N-methyl/N-ethyl adjacent to an activating group) is 1. The molecule has 0 saturated carbocycles. The Kier molecular flexibility index (Phi) is 3.70. The fourth-order valence-corrected chi connectivity index (χ4v) is 3.79. The van der Waals surface area contributed by atoms with E-state index in [1.54, 1.807) is 18.2 Å². The van der Waals surface area contributed by atoms with Crippen LogP contribution in [0.2, 0.25) is 0 Å². The average Bonchev–Trinajstić information content (AvgIpc) is 3.24. The minimum atomic E-state index is -0.312. The fourth-order valence-electron chi connectivity index (χ4n) is 2.21. The van der Waals surface area contributed by atoms with Gasteiger partial charge in [0.25, 0.3) is 11.1 Å². The summed E-state index contributed by atoms with van der Waals surface area (Å²) in [5.74, 6) is 0.209. The minimum absolute atomic E-state index is 0.283. The highest BCUT2D eigenvalue weighted by Crippen LogP contribution is 2.33. The molecular weight excluding hydrogens is 346 g/mol. The maximum absolute atomic E-state index is 11.9. The number of fused-ring (bicyclic) bond motifs is 1. The Hall–Kier alpha value is -2.45. The molecule has 3 aromatic rings. The molecule has 6 nitrogen and oxygen atoms in total. The minimum Gasteiger partial charge on any atom is -0.450 e. The molecule has 120 valence electrons. The number of aromatic nitrogens is 2. The lowest BCUT2D eigenvalue weighted by Crippen LogP contribution is -2.22. The number of furan rings is 1. The molecule has 8 heteroatoms. The summed E-state index contributed by atoms with van der Waals surface area (Å²) in [6.07, 6.45) is 1.58. The van der Waals surface area contributed by atoms with Gasteiger partial charge >= 0.3 is 0 Å². The molecule has 0 spiro atoms. The molecule has 1 saturated heterocycles. The van der Waals surface area contributed by atoms with E-state index in [2.05, 4.69) is 9.97 Å². The number of para-hydroxylation sites is 2. The summed E-state index contributed by atoms with van der Waals surface area (Å²) < 4.78 is 5.70. The number of hydrogen-bond acceptors (Lipinski definition) is 6. The molecule has 1 fully saturated rings. The van der Waals surface area contributed by atoms with E-state index in [4.69, 9.17) is 4.42 Å². The predicted octanol–water partition coefficient (Wildman–Crippen LogP) is 3.97. The molecule has 3 heterocycles. The van der Waals surface area contributed by atoms with Crippen molar-refractivity contribution in [2.24, 2.45) is 0 Å². The fraction of sp³-hybridized carbons (Fsp3) is 0.0625. The summed E-state index contributed by atoms with van der Waals surface area (Å²) in [6.45, 7) is 0. The Bertz CT molecular complexity index is 956. The Labute approximate surface area is 145 Å². The van der Waals surface area contributed by atoms with Crippen LogP contribution in [0.15, 0.2) is 56.0 Å². The van der Waals surface area contributed by atoms with Gasteiger partial charge in [0.2, 0.25) is 0 Å². The standard InChI is InChI=1S/C16H11N3O3S2/c1-19-14(20)12(23-16(19)21)8-9-6-7-13(22-9)24-15-17-10-4-2-3-5-11(10)18-15/h2-8H,1H3,(H,17,18). The third-order valence-electron chi connectivity index (χ3n) is 3.43. The predicted molar refractivity (Wildman–Crippen MR) is 92.7 cm³/mol. The number of thioether (sulfide) groups is 1. The zero-order chi connectivity index (χ0) is 16.7. The molecule has 0 unspecified atom stereocenters. The van der Waals surface area contributed by atoms with Crippen molar-refractivity contribution in [2.75, 3.05) is 7.05 Å². The SMILES string of the molecule is CN1C(=O)SC(=Cc2ccc(Sc3nc4ccccc4[nH]3)o2)C1=O. The topological polar surface area (TPSA) is 79.2 Å². The van der Waals surface area contributed by atoms with Gasteiger partial charge in [-0.15, -0.1) is 0 Å². The van der Waals surface area contributed by atoms with Crippen molar-refractivity contribution in [1.29, 1.82) is 0 Å². The second kappa shape index (κ2) is 5.88. The maximum Gasteiger partial charge on any atom is 0.293 e. The molecule has 2 aromatic heterocycles. The van der Waals surface area contributed by atoms with Gasteiger partial charge in [-0.3, -0.25) is 14.5 Å². The van der Waals surface area contributed by atoms with E-state index >= 15 is 0 Å². The van der Waals surface area contributed by atoms with E-state index < -0.39 is 0 Å². The van der Waals surface area contributed by atoms with Crippen molar-refractivity contribution in [1.82, 2.24) is 14.9 Å². The van der Waals surface area contributed by atoms with Crippen molar-refractivity contribution < 1.29 is 14.0 Å². The third kappa shape index (κ3) is 2.74. The molecule has 1 aliphatic heterocycles. The molecule has 0 radical (unpaired) electrons. The van der Waals surface area contributed by atoms with Crippen LogP contribution < -0.4 is 0 Å². The lowest BCUT2D eigenvalue weighted by molar-refractivity contribution is -0.121. The van der Waals surface area contributed by atoms with Crippen molar-refractivity contribution in [3.05, 3.63) is 47.1 Å². The van der Waals surface area contributed by atoms with Crippen LogP contribution in [0.4, 0.5) is 4.79 Å². The molecule has 24 heavy (non-hydrogen) atoms. The number of nitrogens with zero attached hydrogens (tertiary/aromatic N) is 2. The molecule has 1 aromatic carbocycles. The summed E-state index contributed by atoms with van der Waals surface area (Å²) in [4.78, 5) is 32.5. The number of carbonyl (C=O) groups excluding carboxylic acids is 2. The van der Waals surface area contributed by atoms with Crippen molar-refractivity contribution in [3.8, 4) is 0 Å². The van der Waals surface area contributed by atoms with Crippen LogP contribution in [-0.2, 0) is 4.79 Å². The van der Waals surface area contributed by atoms with Gasteiger partial charge in [-0.1, -0.05) is 12.1 Å². The van der Waals surface area contributed by atoms with Crippen LogP contribution in [0, 0.1) is 0 Å². The van der Waals surface area contributed by atoms with Crippen LogP contribution >= 0.6 is 23.5 Å². The van der Waals surface area contributed by atoms with Crippen molar-refractivity contribution >= 4 is 51.8 Å². The third-order valence-corrected chi connectivity index (χ3v) is 5.20. The molecule has 4 rings (SSSR count). The van der Waals surface area contributed by atoms with E-state index in [0.29, 0.717) is 15.8 Å². The number of imide groups is 1. The molecular formula is C16H11N3O3S2. The largest absolute Gasteiger partial charge is 0.450 e. The van der Waals surface area contributed by atoms with Crippen molar-refractivity contribution in [3.63, 3.8) is 0 Å². The highest BCUT2D eigenvalue weighted by atomic mass is 32.2. The first-order chi connectivity index (χ1) is 11.6. The first kappa shape index (κ1) is 15.1. The lowest BCUT2D eigenvalue weighted by atomic mass is 10.3. The van der Waals surface area contributed by atoms with Gasteiger partial charge in [0.05, 0.1) is 15.9 Å². The molecule has 0 bridgehead atoms. The van der Waals surface area contributed by atoms with Gasteiger partial charge in [0.15, 0.2) is 10.2 Å². The number of amides is 2. The second-order valence-electron chi connectivity index (χ2n) is 5.06.